The van der Waals surface area contributed by atoms with Crippen molar-refractivity contribution in [3.05, 3.63) is 301 Å². The number of rotatable bonds is 9. The van der Waals surface area contributed by atoms with Crippen LogP contribution in [0.1, 0.15) is 22.3 Å². The van der Waals surface area contributed by atoms with E-state index in [4.69, 9.17) is 0 Å². The van der Waals surface area contributed by atoms with Crippen molar-refractivity contribution in [1.82, 2.24) is 4.57 Å². The molecule has 1 aliphatic carbocycles. The molecule has 0 spiro atoms. The van der Waals surface area contributed by atoms with Crippen molar-refractivity contribution in [3.8, 4) is 50.2 Å². The highest BCUT2D eigenvalue weighted by molar-refractivity contribution is 6.15. The minimum absolute atomic E-state index is 0.575. The van der Waals surface area contributed by atoms with Crippen molar-refractivity contribution < 1.29 is 0 Å². The summed E-state index contributed by atoms with van der Waals surface area (Å²) in [6.45, 7) is 0. The van der Waals surface area contributed by atoms with Crippen LogP contribution in [0.25, 0.3) is 72.0 Å². The predicted octanol–water partition coefficient (Wildman–Crippen LogP) is 17.6. The summed E-state index contributed by atoms with van der Waals surface area (Å²) in [6.07, 6.45) is 0. The fourth-order valence-corrected chi connectivity index (χ4v) is 11.4. The Morgan fingerprint density at radius 3 is 1.48 bits per heavy atom. The number of nitrogens with zero attached hydrogens (tertiary/aromatic N) is 2. The maximum Gasteiger partial charge on any atom is 0.0782 e. The van der Waals surface area contributed by atoms with Crippen LogP contribution in [0, 0.1) is 0 Å². The molecule has 0 unspecified atom stereocenters. The molecule has 11 aromatic carbocycles. The molecule has 2 heteroatoms. The van der Waals surface area contributed by atoms with Gasteiger partial charge in [0.15, 0.2) is 0 Å². The summed E-state index contributed by atoms with van der Waals surface area (Å²) < 4.78 is 2.46. The van der Waals surface area contributed by atoms with E-state index in [1.54, 1.807) is 0 Å². The average molecular weight is 879 g/mol. The number of fused-ring (bicyclic) bond motifs is 6. The summed E-state index contributed by atoms with van der Waals surface area (Å²) in [5.41, 5.74) is 20.7. The first-order valence-corrected chi connectivity index (χ1v) is 23.9. The van der Waals surface area contributed by atoms with Gasteiger partial charge in [0, 0.05) is 27.7 Å². The molecule has 0 N–H and O–H groups in total. The van der Waals surface area contributed by atoms with Crippen LogP contribution in [0.4, 0.5) is 17.1 Å². The normalized spacial score (nSPS) is 12.5. The van der Waals surface area contributed by atoms with E-state index in [0.717, 1.165) is 39.4 Å². The van der Waals surface area contributed by atoms with E-state index >= 15 is 0 Å². The van der Waals surface area contributed by atoms with Crippen LogP contribution < -0.4 is 4.90 Å². The second-order valence-corrected chi connectivity index (χ2v) is 17.9. The van der Waals surface area contributed by atoms with Crippen LogP contribution in [-0.2, 0) is 5.41 Å². The average Bonchev–Trinajstić information content (AvgIpc) is 3.93. The second-order valence-electron chi connectivity index (χ2n) is 17.9. The molecule has 12 aromatic rings. The molecule has 0 atom stereocenters. The highest BCUT2D eigenvalue weighted by Gasteiger charge is 2.46. The van der Waals surface area contributed by atoms with E-state index in [9.17, 15) is 0 Å². The van der Waals surface area contributed by atoms with Gasteiger partial charge in [-0.05, 0) is 104 Å². The number of hydrogen-bond acceptors (Lipinski definition) is 1. The van der Waals surface area contributed by atoms with Crippen LogP contribution in [0.3, 0.4) is 0 Å². The zero-order chi connectivity index (χ0) is 45.7. The van der Waals surface area contributed by atoms with E-state index in [2.05, 4.69) is 289 Å². The molecule has 0 saturated heterocycles. The highest BCUT2D eigenvalue weighted by Crippen LogP contribution is 2.58. The lowest BCUT2D eigenvalue weighted by molar-refractivity contribution is 0.768. The third-order valence-corrected chi connectivity index (χ3v) is 14.3. The first-order chi connectivity index (χ1) is 34.3. The lowest BCUT2D eigenvalue weighted by Crippen LogP contribution is -2.28. The van der Waals surface area contributed by atoms with E-state index in [0.29, 0.717) is 0 Å². The standard InChI is InChI=1S/C67H46N2/c1-5-24-47(25-6-1)52-32-13-14-33-53(52)54-34-15-16-35-55(54)58-37-18-21-41-63(58)68(65-43-23-39-60-59-38-19-22-42-64(59)69(66(60)65)50-30-11-4-12-31-50)51-44-45-57-56-36-17-20-40-61(56)67(62(57)46-51,48-26-7-2-8-27-48)49-28-9-3-10-29-49/h1-46H. The fourth-order valence-electron chi connectivity index (χ4n) is 11.4. The fraction of sp³-hybridized carbons (Fsp3) is 0.0149. The Morgan fingerprint density at radius 2 is 0.783 bits per heavy atom. The Bertz CT molecular complexity index is 3790. The molecule has 1 heterocycles. The summed E-state index contributed by atoms with van der Waals surface area (Å²) >= 11 is 0. The summed E-state index contributed by atoms with van der Waals surface area (Å²) in [4.78, 5) is 2.54. The van der Waals surface area contributed by atoms with Crippen molar-refractivity contribution in [2.75, 3.05) is 4.90 Å². The van der Waals surface area contributed by atoms with Crippen molar-refractivity contribution >= 4 is 38.9 Å². The molecule has 0 amide bonds. The second kappa shape index (κ2) is 16.7. The SMILES string of the molecule is c1ccc(-c2ccccc2-c2ccccc2-c2ccccc2N(c2ccc3c(c2)C(c2ccccc2)(c2ccccc2)c2ccccc2-3)c2cccc3c4ccccc4n(-c4ccccc4)c23)cc1. The highest BCUT2D eigenvalue weighted by atomic mass is 15.2. The van der Waals surface area contributed by atoms with Crippen LogP contribution >= 0.6 is 0 Å². The lowest BCUT2D eigenvalue weighted by Gasteiger charge is -2.35. The molecular formula is C67H46N2. The predicted molar refractivity (Wildman–Crippen MR) is 289 cm³/mol. The minimum atomic E-state index is -0.575. The van der Waals surface area contributed by atoms with Gasteiger partial charge in [0.1, 0.15) is 0 Å². The molecular weight excluding hydrogens is 833 g/mol. The Hall–Kier alpha value is -8.98. The topological polar surface area (TPSA) is 8.17 Å². The zero-order valence-electron chi connectivity index (χ0n) is 38.0. The largest absolute Gasteiger partial charge is 0.308 e. The molecule has 324 valence electrons. The Morgan fingerprint density at radius 1 is 0.304 bits per heavy atom. The van der Waals surface area contributed by atoms with Gasteiger partial charge in [-0.1, -0.05) is 237 Å². The minimum Gasteiger partial charge on any atom is -0.308 e. The van der Waals surface area contributed by atoms with Crippen LogP contribution in [0.2, 0.25) is 0 Å². The first-order valence-electron chi connectivity index (χ1n) is 23.9. The lowest BCUT2D eigenvalue weighted by atomic mass is 9.67. The van der Waals surface area contributed by atoms with E-state index in [1.807, 2.05) is 0 Å². The summed E-state index contributed by atoms with van der Waals surface area (Å²) in [5.74, 6) is 0. The molecule has 1 aromatic heterocycles. The van der Waals surface area contributed by atoms with Gasteiger partial charge in [-0.3, -0.25) is 0 Å². The van der Waals surface area contributed by atoms with Crippen molar-refractivity contribution in [2.24, 2.45) is 0 Å². The van der Waals surface area contributed by atoms with Gasteiger partial charge >= 0.3 is 0 Å². The number of aromatic nitrogens is 1. The van der Waals surface area contributed by atoms with E-state index < -0.39 is 5.41 Å². The number of anilines is 3. The quantitative estimate of drug-likeness (QED) is 0.140. The van der Waals surface area contributed by atoms with E-state index in [1.165, 1.54) is 71.9 Å². The maximum absolute atomic E-state index is 2.54. The zero-order valence-corrected chi connectivity index (χ0v) is 38.0. The Balaban J connectivity index is 1.13. The molecule has 13 rings (SSSR count). The van der Waals surface area contributed by atoms with E-state index in [-0.39, 0.29) is 0 Å². The third-order valence-electron chi connectivity index (χ3n) is 14.3. The number of benzene rings is 11. The molecule has 1 aliphatic rings. The third kappa shape index (κ3) is 6.41. The summed E-state index contributed by atoms with van der Waals surface area (Å²) in [6, 6.07) is 102. The smallest absolute Gasteiger partial charge is 0.0782 e. The number of para-hydroxylation sites is 4. The molecule has 0 aliphatic heterocycles. The number of hydrogen-bond donors (Lipinski definition) is 0. The molecule has 0 fully saturated rings. The van der Waals surface area contributed by atoms with Gasteiger partial charge in [-0.15, -0.1) is 0 Å². The van der Waals surface area contributed by atoms with Crippen molar-refractivity contribution in [1.29, 1.82) is 0 Å². The summed E-state index contributed by atoms with van der Waals surface area (Å²) in [5, 5.41) is 2.41. The van der Waals surface area contributed by atoms with Crippen molar-refractivity contribution in [2.45, 2.75) is 5.41 Å². The van der Waals surface area contributed by atoms with Crippen LogP contribution in [0.5, 0.6) is 0 Å². The maximum atomic E-state index is 2.54. The van der Waals surface area contributed by atoms with Gasteiger partial charge in [0.2, 0.25) is 0 Å². The monoisotopic (exact) mass is 878 g/mol. The molecule has 2 nitrogen and oxygen atoms in total. The van der Waals surface area contributed by atoms with Crippen LogP contribution in [0.15, 0.2) is 279 Å². The van der Waals surface area contributed by atoms with Gasteiger partial charge in [0.05, 0.1) is 27.8 Å². The molecule has 0 saturated carbocycles. The van der Waals surface area contributed by atoms with Gasteiger partial charge in [-0.2, -0.15) is 0 Å². The Kier molecular flexibility index (Phi) is 9.77. The molecule has 0 bridgehead atoms. The van der Waals surface area contributed by atoms with Crippen LogP contribution in [-0.4, -0.2) is 4.57 Å². The molecule has 0 radical (unpaired) electrons. The molecule has 69 heavy (non-hydrogen) atoms. The first kappa shape index (κ1) is 40.3. The van der Waals surface area contributed by atoms with Crippen molar-refractivity contribution in [3.63, 3.8) is 0 Å². The Labute approximate surface area is 403 Å². The van der Waals surface area contributed by atoms with Gasteiger partial charge in [-0.25, -0.2) is 0 Å². The van der Waals surface area contributed by atoms with Gasteiger partial charge < -0.3 is 9.47 Å². The summed E-state index contributed by atoms with van der Waals surface area (Å²) in [7, 11) is 0. The van der Waals surface area contributed by atoms with Gasteiger partial charge in [0.25, 0.3) is 0 Å².